The molecule has 0 aromatic heterocycles. The number of ether oxygens (including phenoxy) is 1. The number of rotatable bonds is 2. The molecule has 10 heteroatoms. The minimum atomic E-state index is -4.32. The molecule has 0 radical (unpaired) electrons. The second kappa shape index (κ2) is 5.37. The third-order valence-corrected chi connectivity index (χ3v) is 3.62. The highest BCUT2D eigenvalue weighted by molar-refractivity contribution is 7.85. The van der Waals surface area contributed by atoms with Gasteiger partial charge >= 0.3 is 6.02 Å². The Hall–Kier alpha value is -1.68. The van der Waals surface area contributed by atoms with Gasteiger partial charge in [-0.1, -0.05) is 23.7 Å². The minimum Gasteiger partial charge on any atom is -0.467 e. The van der Waals surface area contributed by atoms with Crippen molar-refractivity contribution < 1.29 is 17.7 Å². The van der Waals surface area contributed by atoms with Gasteiger partial charge in [-0.25, -0.2) is 5.84 Å². The summed E-state index contributed by atoms with van der Waals surface area (Å²) >= 11 is 5.90. The Balaban J connectivity index is 2.50. The summed E-state index contributed by atoms with van der Waals surface area (Å²) in [5.41, 5.74) is -0.593. The predicted octanol–water partition coefficient (Wildman–Crippen LogP) is 0.394. The van der Waals surface area contributed by atoms with Crippen molar-refractivity contribution in [2.24, 2.45) is 15.8 Å². The lowest BCUT2D eigenvalue weighted by Gasteiger charge is -2.26. The molecule has 3 N–H and O–H groups in total. The first-order valence-corrected chi connectivity index (χ1v) is 7.17. The van der Waals surface area contributed by atoms with Gasteiger partial charge in [0.1, 0.15) is 0 Å². The number of hydrogen-bond acceptors (Lipinski definition) is 7. The summed E-state index contributed by atoms with van der Waals surface area (Å²) in [6.07, 6.45) is 0. The molecule has 0 fully saturated rings. The van der Waals surface area contributed by atoms with E-state index in [1.807, 2.05) is 0 Å². The fourth-order valence-electron chi connectivity index (χ4n) is 1.54. The Morgan fingerprint density at radius 2 is 2.20 bits per heavy atom. The predicted molar refractivity (Wildman–Crippen MR) is 72.9 cm³/mol. The Morgan fingerprint density at radius 1 is 1.50 bits per heavy atom. The quantitative estimate of drug-likeness (QED) is 0.352. The van der Waals surface area contributed by atoms with E-state index in [4.69, 9.17) is 26.7 Å². The molecule has 0 bridgehead atoms. The maximum absolute atomic E-state index is 11.1. The van der Waals surface area contributed by atoms with Crippen molar-refractivity contribution in [2.75, 3.05) is 7.11 Å². The number of nitrogens with two attached hydrogens (primary N) is 1. The molecular formula is C10H11ClN4O4S. The Bertz CT molecular complexity index is 688. The molecule has 0 spiro atoms. The van der Waals surface area contributed by atoms with Crippen LogP contribution in [0.3, 0.4) is 0 Å². The summed E-state index contributed by atoms with van der Waals surface area (Å²) in [5.74, 6) is 5.90. The number of halogens is 1. The van der Waals surface area contributed by atoms with Gasteiger partial charge < -0.3 is 4.74 Å². The van der Waals surface area contributed by atoms with Crippen LogP contribution < -0.4 is 5.84 Å². The van der Waals surface area contributed by atoms with Crippen LogP contribution in [0, 0.1) is 0 Å². The highest BCUT2D eigenvalue weighted by atomic mass is 35.5. The summed E-state index contributed by atoms with van der Waals surface area (Å²) in [5, 5.41) is 1.05. The zero-order valence-corrected chi connectivity index (χ0v) is 11.8. The smallest absolute Gasteiger partial charge is 0.316 e. The fourth-order valence-corrected chi connectivity index (χ4v) is 2.24. The summed E-state index contributed by atoms with van der Waals surface area (Å²) < 4.78 is 36.2. The van der Waals surface area contributed by atoms with Crippen LogP contribution in [0.5, 0.6) is 0 Å². The Labute approximate surface area is 120 Å². The highest BCUT2D eigenvalue weighted by Gasteiger charge is 2.25. The van der Waals surface area contributed by atoms with Crippen LogP contribution >= 0.6 is 11.6 Å². The van der Waals surface area contributed by atoms with Gasteiger partial charge in [0.2, 0.25) is 5.62 Å². The van der Waals surface area contributed by atoms with Gasteiger partial charge in [-0.3, -0.25) is 9.56 Å². The molecule has 1 atom stereocenters. The average Bonchev–Trinajstić information content (AvgIpc) is 2.41. The number of alkyl halides is 1. The molecule has 20 heavy (non-hydrogen) atoms. The van der Waals surface area contributed by atoms with Crippen molar-refractivity contribution in [1.29, 1.82) is 0 Å². The van der Waals surface area contributed by atoms with Gasteiger partial charge in [-0.05, 0) is 12.1 Å². The van der Waals surface area contributed by atoms with E-state index in [2.05, 4.69) is 9.98 Å². The van der Waals surface area contributed by atoms with Crippen molar-refractivity contribution in [3.63, 3.8) is 0 Å². The number of aliphatic imine (C=N–C) groups is 2. The standard InChI is InChI=1S/C10H11ClN4O4S/c1-19-10-13-8(15(12)9(11)14-10)6-3-2-4-7(5-6)20(16,17)18/h2-5,9H,12H2,1H3,(H,16,17,18). The maximum Gasteiger partial charge on any atom is 0.316 e. The number of benzene rings is 1. The summed E-state index contributed by atoms with van der Waals surface area (Å²) in [7, 11) is -2.96. The average molecular weight is 319 g/mol. The zero-order valence-electron chi connectivity index (χ0n) is 10.3. The van der Waals surface area contributed by atoms with Gasteiger partial charge in [0.15, 0.2) is 5.84 Å². The Morgan fingerprint density at radius 3 is 2.80 bits per heavy atom. The lowest BCUT2D eigenvalue weighted by atomic mass is 10.2. The normalized spacial score (nSPS) is 19.4. The van der Waals surface area contributed by atoms with Crippen molar-refractivity contribution in [3.05, 3.63) is 29.8 Å². The van der Waals surface area contributed by atoms with Crippen molar-refractivity contribution in [1.82, 2.24) is 5.01 Å². The molecule has 1 heterocycles. The first kappa shape index (κ1) is 14.7. The van der Waals surface area contributed by atoms with E-state index in [9.17, 15) is 8.42 Å². The number of nitrogens with zero attached hydrogens (tertiary/aromatic N) is 3. The summed E-state index contributed by atoms with van der Waals surface area (Å²) in [4.78, 5) is 7.56. The van der Waals surface area contributed by atoms with E-state index in [0.29, 0.717) is 5.56 Å². The van der Waals surface area contributed by atoms with Crippen LogP contribution in [-0.4, -0.2) is 42.6 Å². The Kier molecular flexibility index (Phi) is 3.95. The van der Waals surface area contributed by atoms with Crippen LogP contribution in [0.2, 0.25) is 0 Å². The molecule has 2 rings (SSSR count). The van der Waals surface area contributed by atoms with E-state index in [1.54, 1.807) is 6.07 Å². The molecule has 0 saturated carbocycles. The molecule has 0 amide bonds. The molecule has 1 aliphatic heterocycles. The second-order valence-corrected chi connectivity index (χ2v) is 5.58. The number of hydrogen-bond donors (Lipinski definition) is 2. The van der Waals surface area contributed by atoms with Crippen LogP contribution in [0.1, 0.15) is 5.56 Å². The van der Waals surface area contributed by atoms with E-state index in [0.717, 1.165) is 5.01 Å². The molecule has 0 saturated heterocycles. The molecule has 0 aliphatic carbocycles. The van der Waals surface area contributed by atoms with Crippen molar-refractivity contribution >= 4 is 33.6 Å². The lowest BCUT2D eigenvalue weighted by molar-refractivity contribution is 0.356. The monoisotopic (exact) mass is 318 g/mol. The van der Waals surface area contributed by atoms with Gasteiger partial charge in [0.05, 0.1) is 12.0 Å². The van der Waals surface area contributed by atoms with Crippen molar-refractivity contribution in [2.45, 2.75) is 10.5 Å². The third kappa shape index (κ3) is 2.90. The maximum atomic E-state index is 11.1. The molecule has 108 valence electrons. The van der Waals surface area contributed by atoms with Crippen LogP contribution in [-0.2, 0) is 14.9 Å². The summed E-state index contributed by atoms with van der Waals surface area (Å²) in [6, 6.07) is 5.48. The SMILES string of the molecule is COC1=NC(Cl)N(N)C(c2cccc(S(=O)(=O)O)c2)=N1. The summed E-state index contributed by atoms with van der Waals surface area (Å²) in [6.45, 7) is 0. The van der Waals surface area contributed by atoms with Crippen LogP contribution in [0.4, 0.5) is 0 Å². The molecule has 1 aliphatic rings. The van der Waals surface area contributed by atoms with Crippen LogP contribution in [0.15, 0.2) is 39.1 Å². The van der Waals surface area contributed by atoms with Gasteiger partial charge in [-0.15, -0.1) is 0 Å². The first-order chi connectivity index (χ1) is 9.32. The highest BCUT2D eigenvalue weighted by Crippen LogP contribution is 2.18. The van der Waals surface area contributed by atoms with E-state index < -0.39 is 15.7 Å². The van der Waals surface area contributed by atoms with E-state index >= 15 is 0 Å². The molecule has 8 nitrogen and oxygen atoms in total. The molecule has 1 aromatic carbocycles. The second-order valence-electron chi connectivity index (χ2n) is 3.77. The number of hydrazine groups is 1. The zero-order chi connectivity index (χ0) is 14.9. The van der Waals surface area contributed by atoms with Crippen LogP contribution in [0.25, 0.3) is 0 Å². The lowest BCUT2D eigenvalue weighted by Crippen LogP contribution is -2.45. The molecule has 1 aromatic rings. The number of amidine groups is 2. The van der Waals surface area contributed by atoms with Gasteiger partial charge in [0, 0.05) is 5.56 Å². The fraction of sp³-hybridized carbons (Fsp3) is 0.200. The van der Waals surface area contributed by atoms with E-state index in [1.165, 1.54) is 25.3 Å². The largest absolute Gasteiger partial charge is 0.467 e. The minimum absolute atomic E-state index is 0.0129. The molecule has 1 unspecified atom stereocenters. The number of methoxy groups -OCH3 is 1. The first-order valence-electron chi connectivity index (χ1n) is 5.29. The molecular weight excluding hydrogens is 308 g/mol. The van der Waals surface area contributed by atoms with Gasteiger partial charge in [0.25, 0.3) is 10.1 Å². The van der Waals surface area contributed by atoms with Crippen molar-refractivity contribution in [3.8, 4) is 0 Å². The third-order valence-electron chi connectivity index (χ3n) is 2.47. The van der Waals surface area contributed by atoms with Gasteiger partial charge in [-0.2, -0.15) is 18.4 Å². The van der Waals surface area contributed by atoms with E-state index in [-0.39, 0.29) is 16.8 Å². The topological polar surface area (TPSA) is 118 Å².